The number of piperidine rings is 1. The van der Waals surface area contributed by atoms with Crippen LogP contribution in [0.2, 0.25) is 0 Å². The molecule has 0 unspecified atom stereocenters. The van der Waals surface area contributed by atoms with E-state index in [1.165, 1.54) is 63.0 Å². The Balaban J connectivity index is 0.00000288. The molecule has 2 rings (SSSR count). The van der Waals surface area contributed by atoms with Gasteiger partial charge in [-0.05, 0) is 63.2 Å². The molecule has 1 aliphatic rings. The van der Waals surface area contributed by atoms with E-state index >= 15 is 0 Å². The maximum Gasteiger partial charge on any atom is 0.190 e. The van der Waals surface area contributed by atoms with Gasteiger partial charge in [-0.3, -0.25) is 4.99 Å². The van der Waals surface area contributed by atoms with E-state index in [4.69, 9.17) is 0 Å². The van der Waals surface area contributed by atoms with Gasteiger partial charge in [-0.2, -0.15) is 0 Å². The van der Waals surface area contributed by atoms with Gasteiger partial charge in [0.05, 0.1) is 0 Å². The molecule has 0 aliphatic carbocycles. The van der Waals surface area contributed by atoms with Gasteiger partial charge in [-0.15, -0.1) is 35.3 Å². The number of nitrogens with one attached hydrogen (secondary N) is 2. The fraction of sp³-hybridized carbons (Fsp3) is 0.722. The van der Waals surface area contributed by atoms with E-state index in [0.29, 0.717) is 0 Å². The molecule has 138 valence electrons. The molecule has 2 heterocycles. The summed E-state index contributed by atoms with van der Waals surface area (Å²) in [4.78, 5) is 8.34. The lowest BCUT2D eigenvalue weighted by atomic mass is 10.1. The first kappa shape index (κ1) is 21.7. The lowest BCUT2D eigenvalue weighted by Crippen LogP contribution is -2.38. The molecule has 0 atom stereocenters. The van der Waals surface area contributed by atoms with Crippen molar-refractivity contribution in [2.24, 2.45) is 4.99 Å². The van der Waals surface area contributed by atoms with Crippen molar-refractivity contribution >= 4 is 41.3 Å². The van der Waals surface area contributed by atoms with E-state index in [9.17, 15) is 0 Å². The molecule has 0 saturated carbocycles. The van der Waals surface area contributed by atoms with Crippen molar-refractivity contribution in [2.45, 2.75) is 44.9 Å². The highest BCUT2D eigenvalue weighted by Crippen LogP contribution is 2.10. The largest absolute Gasteiger partial charge is 0.356 e. The Hall–Kier alpha value is -0.340. The molecule has 6 heteroatoms. The molecular formula is C18H33IN4S. The van der Waals surface area contributed by atoms with Crippen molar-refractivity contribution in [1.82, 2.24) is 15.5 Å². The van der Waals surface area contributed by atoms with Gasteiger partial charge >= 0.3 is 0 Å². The van der Waals surface area contributed by atoms with Crippen molar-refractivity contribution in [3.8, 4) is 0 Å². The van der Waals surface area contributed by atoms with E-state index in [1.54, 1.807) is 0 Å². The number of rotatable bonds is 9. The molecule has 0 amide bonds. The highest BCUT2D eigenvalue weighted by molar-refractivity contribution is 14.0. The summed E-state index contributed by atoms with van der Waals surface area (Å²) in [5.41, 5.74) is 0. The number of hydrogen-bond acceptors (Lipinski definition) is 3. The number of aliphatic imine (C=N–C) groups is 1. The van der Waals surface area contributed by atoms with Gasteiger partial charge in [0.15, 0.2) is 5.96 Å². The van der Waals surface area contributed by atoms with Gasteiger partial charge in [0.2, 0.25) is 0 Å². The number of nitrogens with zero attached hydrogens (tertiary/aromatic N) is 2. The van der Waals surface area contributed by atoms with Crippen molar-refractivity contribution in [3.63, 3.8) is 0 Å². The summed E-state index contributed by atoms with van der Waals surface area (Å²) in [5, 5.41) is 8.94. The number of halogens is 1. The summed E-state index contributed by atoms with van der Waals surface area (Å²) in [6.45, 7) is 5.87. The molecule has 2 N–H and O–H groups in total. The third-order valence-corrected chi connectivity index (χ3v) is 5.30. The Morgan fingerprint density at radius 1 is 1.12 bits per heavy atom. The van der Waals surface area contributed by atoms with Gasteiger partial charge in [0.1, 0.15) is 0 Å². The van der Waals surface area contributed by atoms with Gasteiger partial charge < -0.3 is 15.5 Å². The quantitative estimate of drug-likeness (QED) is 0.253. The topological polar surface area (TPSA) is 39.7 Å². The van der Waals surface area contributed by atoms with Crippen molar-refractivity contribution in [1.29, 1.82) is 0 Å². The van der Waals surface area contributed by atoms with Crippen LogP contribution in [-0.2, 0) is 6.42 Å². The number of hydrogen-bond donors (Lipinski definition) is 2. The molecule has 4 nitrogen and oxygen atoms in total. The minimum atomic E-state index is 0. The fourth-order valence-electron chi connectivity index (χ4n) is 3.01. The first-order valence-corrected chi connectivity index (χ1v) is 9.95. The molecule has 24 heavy (non-hydrogen) atoms. The third-order valence-electron chi connectivity index (χ3n) is 4.36. The Kier molecular flexibility index (Phi) is 12.6. The predicted molar refractivity (Wildman–Crippen MR) is 117 cm³/mol. The van der Waals surface area contributed by atoms with E-state index in [-0.39, 0.29) is 24.0 Å². The van der Waals surface area contributed by atoms with E-state index < -0.39 is 0 Å². The highest BCUT2D eigenvalue weighted by Gasteiger charge is 2.08. The minimum Gasteiger partial charge on any atom is -0.356 e. The van der Waals surface area contributed by atoms with E-state index in [0.717, 1.165) is 25.5 Å². The number of unbranched alkanes of at least 4 members (excludes halogenated alkanes) is 2. The van der Waals surface area contributed by atoms with Crippen LogP contribution < -0.4 is 10.6 Å². The van der Waals surface area contributed by atoms with Gasteiger partial charge in [-0.1, -0.05) is 18.9 Å². The van der Waals surface area contributed by atoms with Crippen LogP contribution in [0.5, 0.6) is 0 Å². The van der Waals surface area contributed by atoms with Crippen LogP contribution in [0, 0.1) is 0 Å². The second-order valence-electron chi connectivity index (χ2n) is 6.22. The fourth-order valence-corrected chi connectivity index (χ4v) is 3.72. The van der Waals surface area contributed by atoms with Crippen molar-refractivity contribution < 1.29 is 0 Å². The molecule has 1 aromatic heterocycles. The predicted octanol–water partition coefficient (Wildman–Crippen LogP) is 3.73. The lowest BCUT2D eigenvalue weighted by Gasteiger charge is -2.26. The minimum absolute atomic E-state index is 0. The molecule has 0 aromatic carbocycles. The maximum absolute atomic E-state index is 4.29. The molecule has 0 radical (unpaired) electrons. The summed E-state index contributed by atoms with van der Waals surface area (Å²) in [6, 6.07) is 4.29. The van der Waals surface area contributed by atoms with Crippen LogP contribution in [0.25, 0.3) is 0 Å². The second kappa shape index (κ2) is 13.9. The smallest absolute Gasteiger partial charge is 0.190 e. The Bertz CT molecular complexity index is 430. The molecule has 1 aromatic rings. The van der Waals surface area contributed by atoms with Crippen LogP contribution in [0.1, 0.15) is 43.4 Å². The molecule has 0 spiro atoms. The molecule has 1 aliphatic heterocycles. The van der Waals surface area contributed by atoms with Crippen molar-refractivity contribution in [2.75, 3.05) is 39.8 Å². The SMILES string of the molecule is CN=C(NCCCCCN1CCCCC1)NCCc1cccs1.I. The van der Waals surface area contributed by atoms with Crippen LogP contribution in [0.4, 0.5) is 0 Å². The zero-order valence-corrected chi connectivity index (χ0v) is 18.1. The lowest BCUT2D eigenvalue weighted by molar-refractivity contribution is 0.224. The first-order valence-electron chi connectivity index (χ1n) is 9.08. The average Bonchev–Trinajstić information content (AvgIpc) is 3.10. The maximum atomic E-state index is 4.29. The summed E-state index contributed by atoms with van der Waals surface area (Å²) in [5.74, 6) is 0.928. The van der Waals surface area contributed by atoms with E-state index in [1.807, 2.05) is 18.4 Å². The van der Waals surface area contributed by atoms with Gasteiger partial charge in [0.25, 0.3) is 0 Å². The van der Waals surface area contributed by atoms with Crippen LogP contribution in [-0.4, -0.2) is 50.6 Å². The normalized spacial score (nSPS) is 15.8. The highest BCUT2D eigenvalue weighted by atomic mass is 127. The van der Waals surface area contributed by atoms with Crippen LogP contribution >= 0.6 is 35.3 Å². The number of guanidine groups is 1. The molecule has 0 bridgehead atoms. The van der Waals surface area contributed by atoms with Gasteiger partial charge in [0, 0.05) is 25.0 Å². The Morgan fingerprint density at radius 2 is 1.92 bits per heavy atom. The monoisotopic (exact) mass is 464 g/mol. The summed E-state index contributed by atoms with van der Waals surface area (Å²) in [6.07, 6.45) is 9.14. The number of likely N-dealkylation sites (tertiary alicyclic amines) is 1. The third kappa shape index (κ3) is 9.22. The number of thiophene rings is 1. The average molecular weight is 464 g/mol. The summed E-state index contributed by atoms with van der Waals surface area (Å²) >= 11 is 1.82. The summed E-state index contributed by atoms with van der Waals surface area (Å²) < 4.78 is 0. The van der Waals surface area contributed by atoms with Gasteiger partial charge in [-0.25, -0.2) is 0 Å². The van der Waals surface area contributed by atoms with Crippen molar-refractivity contribution in [3.05, 3.63) is 22.4 Å². The Morgan fingerprint density at radius 3 is 2.62 bits per heavy atom. The molecule has 1 fully saturated rings. The second-order valence-corrected chi connectivity index (χ2v) is 7.25. The summed E-state index contributed by atoms with van der Waals surface area (Å²) in [7, 11) is 1.84. The van der Waals surface area contributed by atoms with Crippen LogP contribution in [0.15, 0.2) is 22.5 Å². The molecule has 1 saturated heterocycles. The Labute approximate surface area is 168 Å². The molecular weight excluding hydrogens is 431 g/mol. The van der Waals surface area contributed by atoms with Crippen LogP contribution in [0.3, 0.4) is 0 Å². The van der Waals surface area contributed by atoms with E-state index in [2.05, 4.69) is 38.0 Å². The zero-order chi connectivity index (χ0) is 16.2. The standard InChI is InChI=1S/C18H32N4S.HI/c1-19-18(21-12-10-17-9-8-16-23-17)20-11-4-2-5-13-22-14-6-3-7-15-22;/h8-9,16H,2-7,10-15H2,1H3,(H2,19,20,21);1H. The first-order chi connectivity index (χ1) is 11.4. The zero-order valence-electron chi connectivity index (χ0n) is 14.9.